The van der Waals surface area contributed by atoms with E-state index in [0.29, 0.717) is 12.8 Å². The average molecular weight is 130 g/mol. The van der Waals surface area contributed by atoms with Gasteiger partial charge in [0.05, 0.1) is 12.5 Å². The predicted octanol–water partition coefficient (Wildman–Crippen LogP) is 0.0728. The van der Waals surface area contributed by atoms with Crippen molar-refractivity contribution in [3.63, 3.8) is 0 Å². The summed E-state index contributed by atoms with van der Waals surface area (Å²) in [7, 11) is 0. The lowest BCUT2D eigenvalue weighted by molar-refractivity contribution is -0.171. The summed E-state index contributed by atoms with van der Waals surface area (Å²) in [5, 5.41) is 8.78. The molecule has 9 heavy (non-hydrogen) atoms. The van der Waals surface area contributed by atoms with Gasteiger partial charge in [0.15, 0.2) is 0 Å². The van der Waals surface area contributed by atoms with Gasteiger partial charge in [0.1, 0.15) is 6.10 Å². The Hall–Kier alpha value is -0.570. The van der Waals surface area contributed by atoms with Gasteiger partial charge in [0, 0.05) is 6.42 Å². The number of aliphatic hydroxyl groups is 1. The summed E-state index contributed by atoms with van der Waals surface area (Å²) in [6.07, 6.45) is 0.678. The molecule has 0 amide bonds. The highest BCUT2D eigenvalue weighted by Gasteiger charge is 2.28. The second-order valence-corrected chi connectivity index (χ2v) is 2.40. The van der Waals surface area contributed by atoms with Crippen molar-refractivity contribution in [2.24, 2.45) is 0 Å². The van der Waals surface area contributed by atoms with Crippen molar-refractivity contribution in [1.29, 1.82) is 0 Å². The predicted molar refractivity (Wildman–Crippen MR) is 30.8 cm³/mol. The molecule has 3 heteroatoms. The van der Waals surface area contributed by atoms with Crippen LogP contribution in [0.4, 0.5) is 0 Å². The summed E-state index contributed by atoms with van der Waals surface area (Å²) >= 11 is 0. The Bertz CT molecular complexity index is 111. The third kappa shape index (κ3) is 1.68. The molecule has 0 saturated carbocycles. The molecule has 0 aromatic heterocycles. The van der Waals surface area contributed by atoms with Crippen LogP contribution in [0.5, 0.6) is 0 Å². The Kier molecular flexibility index (Phi) is 1.71. The quantitative estimate of drug-likeness (QED) is 0.538. The van der Waals surface area contributed by atoms with Gasteiger partial charge in [-0.3, -0.25) is 4.79 Å². The van der Waals surface area contributed by atoms with Crippen LogP contribution < -0.4 is 0 Å². The van der Waals surface area contributed by atoms with Crippen molar-refractivity contribution in [2.75, 3.05) is 0 Å². The van der Waals surface area contributed by atoms with E-state index in [1.54, 1.807) is 6.92 Å². The van der Waals surface area contributed by atoms with Crippen LogP contribution in [0, 0.1) is 0 Å². The molecule has 1 N–H and O–H groups in total. The Balaban J connectivity index is 2.11. The molecule has 1 aliphatic rings. The summed E-state index contributed by atoms with van der Waals surface area (Å²) in [4.78, 5) is 10.2. The van der Waals surface area contributed by atoms with Gasteiger partial charge in [-0.25, -0.2) is 0 Å². The van der Waals surface area contributed by atoms with Crippen molar-refractivity contribution in [1.82, 2.24) is 0 Å². The third-order valence-electron chi connectivity index (χ3n) is 1.30. The molecule has 52 valence electrons. The Labute approximate surface area is 53.6 Å². The van der Waals surface area contributed by atoms with Crippen LogP contribution >= 0.6 is 0 Å². The maximum absolute atomic E-state index is 10.2. The number of carbonyl (C=O) groups is 1. The molecule has 1 heterocycles. The molecule has 1 rings (SSSR count). The normalized spacial score (nSPS) is 28.7. The van der Waals surface area contributed by atoms with Crippen LogP contribution in [0.2, 0.25) is 0 Å². The van der Waals surface area contributed by atoms with Crippen LogP contribution in [0.15, 0.2) is 0 Å². The van der Waals surface area contributed by atoms with Gasteiger partial charge < -0.3 is 9.84 Å². The molecule has 0 aliphatic carbocycles. The second kappa shape index (κ2) is 2.35. The number of carbonyl (C=O) groups excluding carboxylic acids is 1. The van der Waals surface area contributed by atoms with Crippen LogP contribution in [0.3, 0.4) is 0 Å². The molecule has 0 bridgehead atoms. The zero-order valence-electron chi connectivity index (χ0n) is 5.33. The minimum Gasteiger partial charge on any atom is -0.462 e. The lowest BCUT2D eigenvalue weighted by Gasteiger charge is -2.26. The summed E-state index contributed by atoms with van der Waals surface area (Å²) in [6, 6.07) is 0. The first-order chi connectivity index (χ1) is 4.18. The first kappa shape index (κ1) is 6.55. The molecule has 0 radical (unpaired) electrons. The van der Waals surface area contributed by atoms with Crippen molar-refractivity contribution in [3.05, 3.63) is 0 Å². The largest absolute Gasteiger partial charge is 0.462 e. The highest BCUT2D eigenvalue weighted by atomic mass is 16.6. The first-order valence-corrected chi connectivity index (χ1v) is 3.06. The van der Waals surface area contributed by atoms with Gasteiger partial charge in [-0.05, 0) is 6.92 Å². The molecular weight excluding hydrogens is 120 g/mol. The number of hydrogen-bond acceptors (Lipinski definition) is 3. The maximum Gasteiger partial charge on any atom is 0.309 e. The van der Waals surface area contributed by atoms with E-state index in [0.717, 1.165) is 0 Å². The molecular formula is C6H10O3. The zero-order valence-corrected chi connectivity index (χ0v) is 5.33. The molecule has 1 fully saturated rings. The number of esters is 1. The molecule has 2 atom stereocenters. The van der Waals surface area contributed by atoms with E-state index in [-0.39, 0.29) is 18.2 Å². The van der Waals surface area contributed by atoms with Gasteiger partial charge in [-0.1, -0.05) is 0 Å². The molecule has 3 nitrogen and oxygen atoms in total. The highest BCUT2D eigenvalue weighted by Crippen LogP contribution is 2.17. The topological polar surface area (TPSA) is 46.5 Å². The number of cyclic esters (lactones) is 1. The zero-order chi connectivity index (χ0) is 6.85. The molecule has 2 unspecified atom stereocenters. The number of aliphatic hydroxyl groups excluding tert-OH is 1. The lowest BCUT2D eigenvalue weighted by atomic mass is 10.1. The minimum atomic E-state index is -0.358. The number of rotatable bonds is 2. The van der Waals surface area contributed by atoms with Gasteiger partial charge in [-0.15, -0.1) is 0 Å². The summed E-state index contributed by atoms with van der Waals surface area (Å²) < 4.78 is 4.65. The Morgan fingerprint density at radius 3 is 2.89 bits per heavy atom. The van der Waals surface area contributed by atoms with E-state index in [9.17, 15) is 4.79 Å². The molecule has 1 saturated heterocycles. The third-order valence-corrected chi connectivity index (χ3v) is 1.30. The molecule has 0 aromatic carbocycles. The average Bonchev–Trinajstić information content (AvgIpc) is 1.60. The van der Waals surface area contributed by atoms with Gasteiger partial charge >= 0.3 is 5.97 Å². The van der Waals surface area contributed by atoms with Crippen molar-refractivity contribution < 1.29 is 14.6 Å². The molecule has 1 aliphatic heterocycles. The van der Waals surface area contributed by atoms with E-state index in [4.69, 9.17) is 5.11 Å². The standard InChI is InChI=1S/C6H10O3/c1-4(7)2-5-3-6(8)9-5/h4-5,7H,2-3H2,1H3. The van der Waals surface area contributed by atoms with E-state index < -0.39 is 0 Å². The van der Waals surface area contributed by atoms with Crippen molar-refractivity contribution in [2.45, 2.75) is 32.0 Å². The molecule has 0 aromatic rings. The SMILES string of the molecule is CC(O)CC1CC(=O)O1. The van der Waals surface area contributed by atoms with E-state index in [1.165, 1.54) is 0 Å². The summed E-state index contributed by atoms with van der Waals surface area (Å²) in [5.41, 5.74) is 0. The maximum atomic E-state index is 10.2. The van der Waals surface area contributed by atoms with Crippen molar-refractivity contribution in [3.8, 4) is 0 Å². The number of ether oxygens (including phenoxy) is 1. The molecule has 0 spiro atoms. The van der Waals surface area contributed by atoms with E-state index >= 15 is 0 Å². The van der Waals surface area contributed by atoms with Gasteiger partial charge in [0.2, 0.25) is 0 Å². The van der Waals surface area contributed by atoms with Crippen LogP contribution in [-0.2, 0) is 9.53 Å². The first-order valence-electron chi connectivity index (χ1n) is 3.06. The minimum absolute atomic E-state index is 0.0162. The fourth-order valence-corrected chi connectivity index (χ4v) is 0.874. The van der Waals surface area contributed by atoms with E-state index in [1.807, 2.05) is 0 Å². The second-order valence-electron chi connectivity index (χ2n) is 2.40. The smallest absolute Gasteiger partial charge is 0.309 e. The summed E-state index contributed by atoms with van der Waals surface area (Å²) in [6.45, 7) is 1.69. The van der Waals surface area contributed by atoms with E-state index in [2.05, 4.69) is 4.74 Å². The van der Waals surface area contributed by atoms with Gasteiger partial charge in [0.25, 0.3) is 0 Å². The monoisotopic (exact) mass is 130 g/mol. The van der Waals surface area contributed by atoms with Crippen LogP contribution in [-0.4, -0.2) is 23.3 Å². The number of hydrogen-bond donors (Lipinski definition) is 1. The van der Waals surface area contributed by atoms with Crippen molar-refractivity contribution >= 4 is 5.97 Å². The van der Waals surface area contributed by atoms with Crippen LogP contribution in [0.1, 0.15) is 19.8 Å². The van der Waals surface area contributed by atoms with Crippen LogP contribution in [0.25, 0.3) is 0 Å². The fraction of sp³-hybridized carbons (Fsp3) is 0.833. The summed E-state index contributed by atoms with van der Waals surface area (Å²) in [5.74, 6) is -0.152. The van der Waals surface area contributed by atoms with Gasteiger partial charge in [-0.2, -0.15) is 0 Å². The fourth-order valence-electron chi connectivity index (χ4n) is 0.874. The Morgan fingerprint density at radius 1 is 2.00 bits per heavy atom. The Morgan fingerprint density at radius 2 is 2.56 bits per heavy atom. The lowest BCUT2D eigenvalue weighted by Crippen LogP contribution is -2.34. The highest BCUT2D eigenvalue weighted by molar-refractivity contribution is 5.75.